The van der Waals surface area contributed by atoms with Crippen molar-refractivity contribution >= 4 is 0 Å². The molecule has 0 bridgehead atoms. The number of pyridine rings is 1. The fourth-order valence-electron chi connectivity index (χ4n) is 1.91. The van der Waals surface area contributed by atoms with Gasteiger partial charge in [0.25, 0.3) is 0 Å². The summed E-state index contributed by atoms with van der Waals surface area (Å²) in [6.45, 7) is 2.90. The zero-order valence-corrected chi connectivity index (χ0v) is 10.6. The Bertz CT molecular complexity index is 510. The minimum absolute atomic E-state index is 0.512. The third-order valence-electron chi connectivity index (χ3n) is 2.77. The predicted octanol–water partition coefficient (Wildman–Crippen LogP) is 1.78. The quantitative estimate of drug-likeness (QED) is 0.875. The minimum atomic E-state index is -0.824. The highest BCUT2D eigenvalue weighted by molar-refractivity contribution is 5.32. The first-order chi connectivity index (χ1) is 8.77. The van der Waals surface area contributed by atoms with E-state index in [2.05, 4.69) is 16.9 Å². The molecule has 2 aromatic rings. The Morgan fingerprint density at radius 3 is 3.06 bits per heavy atom. The summed E-state index contributed by atoms with van der Waals surface area (Å²) in [5.74, 6) is 0.578. The molecule has 1 unspecified atom stereocenters. The van der Waals surface area contributed by atoms with Crippen LogP contribution in [0.25, 0.3) is 0 Å². The molecule has 96 valence electrons. The predicted molar refractivity (Wildman–Crippen MR) is 67.4 cm³/mol. The van der Waals surface area contributed by atoms with Gasteiger partial charge >= 0.3 is 0 Å². The summed E-state index contributed by atoms with van der Waals surface area (Å²) >= 11 is 0. The van der Waals surface area contributed by atoms with Gasteiger partial charge in [-0.15, -0.1) is 0 Å². The van der Waals surface area contributed by atoms with Crippen LogP contribution in [0.2, 0.25) is 0 Å². The van der Waals surface area contributed by atoms with Gasteiger partial charge in [0.15, 0.2) is 0 Å². The van der Waals surface area contributed by atoms with Gasteiger partial charge < -0.3 is 14.4 Å². The van der Waals surface area contributed by atoms with Crippen LogP contribution >= 0.6 is 0 Å². The van der Waals surface area contributed by atoms with E-state index >= 15 is 0 Å². The molecule has 1 N–H and O–H groups in total. The molecule has 0 aromatic carbocycles. The lowest BCUT2D eigenvalue weighted by molar-refractivity contribution is 0.199. The van der Waals surface area contributed by atoms with Gasteiger partial charge in [-0.2, -0.15) is 0 Å². The number of aryl methyl sites for hydroxylation is 1. The van der Waals surface area contributed by atoms with Gasteiger partial charge in [0.1, 0.15) is 17.5 Å². The second-order valence-electron chi connectivity index (χ2n) is 4.01. The Kier molecular flexibility index (Phi) is 3.94. The maximum Gasteiger partial charge on any atom is 0.143 e. The molecular formula is C13H17N3O2. The normalized spacial score (nSPS) is 12.4. The van der Waals surface area contributed by atoms with Crippen LogP contribution in [-0.4, -0.2) is 26.8 Å². The van der Waals surface area contributed by atoms with Gasteiger partial charge in [0.2, 0.25) is 0 Å². The number of nitrogens with zero attached hydrogens (tertiary/aromatic N) is 3. The van der Waals surface area contributed by atoms with Crippen LogP contribution < -0.4 is 4.74 Å². The van der Waals surface area contributed by atoms with Crippen molar-refractivity contribution in [1.29, 1.82) is 0 Å². The molecular weight excluding hydrogens is 230 g/mol. The van der Waals surface area contributed by atoms with Crippen molar-refractivity contribution in [2.45, 2.75) is 26.0 Å². The molecule has 18 heavy (non-hydrogen) atoms. The zero-order valence-electron chi connectivity index (χ0n) is 10.6. The highest BCUT2D eigenvalue weighted by atomic mass is 16.5. The van der Waals surface area contributed by atoms with Crippen molar-refractivity contribution < 1.29 is 9.84 Å². The molecule has 0 saturated heterocycles. The average Bonchev–Trinajstić information content (AvgIpc) is 2.86. The number of imidazole rings is 1. The summed E-state index contributed by atoms with van der Waals surface area (Å²) in [5, 5.41) is 10.4. The first-order valence-corrected chi connectivity index (χ1v) is 5.95. The molecule has 2 rings (SSSR count). The minimum Gasteiger partial charge on any atom is -0.495 e. The number of aliphatic hydroxyl groups is 1. The second-order valence-corrected chi connectivity index (χ2v) is 4.01. The highest BCUT2D eigenvalue weighted by Gasteiger charge is 2.19. The van der Waals surface area contributed by atoms with Crippen LogP contribution in [0.4, 0.5) is 0 Å². The van der Waals surface area contributed by atoms with Gasteiger partial charge in [-0.25, -0.2) is 4.98 Å². The zero-order chi connectivity index (χ0) is 13.0. The van der Waals surface area contributed by atoms with Crippen LogP contribution in [0.3, 0.4) is 0 Å². The van der Waals surface area contributed by atoms with Crippen LogP contribution in [0.5, 0.6) is 5.75 Å². The number of ether oxygens (including phenoxy) is 1. The van der Waals surface area contributed by atoms with Crippen molar-refractivity contribution in [3.8, 4) is 5.75 Å². The molecule has 5 heteroatoms. The Balaban J connectivity index is 2.35. The summed E-state index contributed by atoms with van der Waals surface area (Å²) in [7, 11) is 1.57. The molecule has 0 fully saturated rings. The smallest absolute Gasteiger partial charge is 0.143 e. The van der Waals surface area contributed by atoms with E-state index in [1.54, 1.807) is 38.0 Å². The SMILES string of the molecule is CCCn1cncc1C(O)c1ncccc1OC. The molecule has 0 saturated carbocycles. The molecule has 5 nitrogen and oxygen atoms in total. The lowest BCUT2D eigenvalue weighted by atomic mass is 10.1. The van der Waals surface area contributed by atoms with Crippen molar-refractivity contribution in [3.05, 3.63) is 42.2 Å². The van der Waals surface area contributed by atoms with Crippen molar-refractivity contribution in [3.63, 3.8) is 0 Å². The number of rotatable bonds is 5. The van der Waals surface area contributed by atoms with E-state index < -0.39 is 6.10 Å². The standard InChI is InChI=1S/C13H17N3O2/c1-3-7-16-9-14-8-10(16)13(17)12-11(18-2)5-4-6-15-12/h4-6,8-9,13,17H,3,7H2,1-2H3. The Morgan fingerprint density at radius 2 is 2.33 bits per heavy atom. The van der Waals surface area contributed by atoms with Crippen molar-refractivity contribution in [2.24, 2.45) is 0 Å². The lowest BCUT2D eigenvalue weighted by Crippen LogP contribution is -2.10. The summed E-state index contributed by atoms with van der Waals surface area (Å²) in [5.41, 5.74) is 1.24. The van der Waals surface area contributed by atoms with Gasteiger partial charge in [0.05, 0.1) is 25.3 Å². The van der Waals surface area contributed by atoms with E-state index in [0.717, 1.165) is 18.7 Å². The summed E-state index contributed by atoms with van der Waals surface area (Å²) in [4.78, 5) is 8.27. The Labute approximate surface area is 106 Å². The van der Waals surface area contributed by atoms with Crippen LogP contribution in [0, 0.1) is 0 Å². The Hall–Kier alpha value is -1.88. The monoisotopic (exact) mass is 247 g/mol. The number of aliphatic hydroxyl groups excluding tert-OH is 1. The molecule has 2 heterocycles. The fourth-order valence-corrected chi connectivity index (χ4v) is 1.91. The van der Waals surface area contributed by atoms with Gasteiger partial charge in [-0.05, 0) is 18.6 Å². The third kappa shape index (κ3) is 2.36. The largest absolute Gasteiger partial charge is 0.495 e. The van der Waals surface area contributed by atoms with Gasteiger partial charge in [-0.3, -0.25) is 4.98 Å². The van der Waals surface area contributed by atoms with Crippen LogP contribution in [0.1, 0.15) is 30.8 Å². The first kappa shape index (κ1) is 12.6. The third-order valence-corrected chi connectivity index (χ3v) is 2.77. The lowest BCUT2D eigenvalue weighted by Gasteiger charge is -2.15. The molecule has 0 amide bonds. The van der Waals surface area contributed by atoms with E-state index in [1.807, 2.05) is 4.57 Å². The fraction of sp³-hybridized carbons (Fsp3) is 0.385. The van der Waals surface area contributed by atoms with E-state index in [1.165, 1.54) is 0 Å². The van der Waals surface area contributed by atoms with E-state index in [-0.39, 0.29) is 0 Å². The van der Waals surface area contributed by atoms with Crippen molar-refractivity contribution in [2.75, 3.05) is 7.11 Å². The van der Waals surface area contributed by atoms with Gasteiger partial charge in [-0.1, -0.05) is 6.92 Å². The molecule has 0 radical (unpaired) electrons. The summed E-state index contributed by atoms with van der Waals surface area (Å²) in [6, 6.07) is 3.56. The first-order valence-electron chi connectivity index (χ1n) is 5.95. The number of aromatic nitrogens is 3. The average molecular weight is 247 g/mol. The Morgan fingerprint density at radius 1 is 1.50 bits per heavy atom. The molecule has 0 aliphatic carbocycles. The van der Waals surface area contributed by atoms with Crippen LogP contribution in [0.15, 0.2) is 30.9 Å². The van der Waals surface area contributed by atoms with E-state index in [0.29, 0.717) is 11.4 Å². The van der Waals surface area contributed by atoms with Crippen LogP contribution in [-0.2, 0) is 6.54 Å². The van der Waals surface area contributed by atoms with E-state index in [9.17, 15) is 5.11 Å². The maximum absolute atomic E-state index is 10.4. The van der Waals surface area contributed by atoms with Gasteiger partial charge in [0, 0.05) is 12.7 Å². The summed E-state index contributed by atoms with van der Waals surface area (Å²) < 4.78 is 7.14. The molecule has 0 aliphatic heterocycles. The second kappa shape index (κ2) is 5.64. The molecule has 1 atom stereocenters. The van der Waals surface area contributed by atoms with E-state index in [4.69, 9.17) is 4.74 Å². The topological polar surface area (TPSA) is 60.2 Å². The number of hydrogen-bond acceptors (Lipinski definition) is 4. The number of hydrogen-bond donors (Lipinski definition) is 1. The number of methoxy groups -OCH3 is 1. The molecule has 0 aliphatic rings. The summed E-state index contributed by atoms with van der Waals surface area (Å²) in [6.07, 6.45) is 5.18. The molecule has 2 aromatic heterocycles. The maximum atomic E-state index is 10.4. The highest BCUT2D eigenvalue weighted by Crippen LogP contribution is 2.27. The molecule has 0 spiro atoms. The van der Waals surface area contributed by atoms with Crippen molar-refractivity contribution in [1.82, 2.24) is 14.5 Å².